The van der Waals surface area contributed by atoms with Gasteiger partial charge in [0.1, 0.15) is 5.75 Å². The van der Waals surface area contributed by atoms with Crippen molar-refractivity contribution in [3.05, 3.63) is 77.9 Å². The van der Waals surface area contributed by atoms with E-state index in [0.717, 1.165) is 12.2 Å². The minimum atomic E-state index is 0.288. The summed E-state index contributed by atoms with van der Waals surface area (Å²) in [5, 5.41) is 0. The number of benzene rings is 2. The first kappa shape index (κ1) is 13.4. The molecule has 19 heavy (non-hydrogen) atoms. The topological polar surface area (TPSA) is 9.23 Å². The Hall–Kier alpha value is -2.02. The second kappa shape index (κ2) is 6.24. The van der Waals surface area contributed by atoms with Gasteiger partial charge in [0.05, 0.1) is 7.11 Å². The minimum absolute atomic E-state index is 0.288. The zero-order valence-electron chi connectivity index (χ0n) is 11.6. The first-order valence-corrected chi connectivity index (χ1v) is 6.57. The van der Waals surface area contributed by atoms with Crippen molar-refractivity contribution in [2.75, 3.05) is 7.11 Å². The first-order valence-electron chi connectivity index (χ1n) is 6.57. The lowest BCUT2D eigenvalue weighted by Crippen LogP contribution is -2.02. The molecule has 0 saturated heterocycles. The van der Waals surface area contributed by atoms with Crippen LogP contribution in [0.2, 0.25) is 0 Å². The number of para-hydroxylation sites is 1. The molecule has 1 heteroatoms. The Balaban J connectivity index is 2.15. The average Bonchev–Trinajstić information content (AvgIpc) is 2.47. The summed E-state index contributed by atoms with van der Waals surface area (Å²) in [5.41, 5.74) is 3.70. The Labute approximate surface area is 115 Å². The van der Waals surface area contributed by atoms with Crippen LogP contribution in [0.5, 0.6) is 5.75 Å². The van der Waals surface area contributed by atoms with Gasteiger partial charge in [0.25, 0.3) is 0 Å². The molecule has 0 spiro atoms. The van der Waals surface area contributed by atoms with E-state index in [2.05, 4.69) is 43.8 Å². The highest BCUT2D eigenvalue weighted by Gasteiger charge is 2.14. The van der Waals surface area contributed by atoms with E-state index in [4.69, 9.17) is 4.74 Å². The van der Waals surface area contributed by atoms with Crippen molar-refractivity contribution in [3.63, 3.8) is 0 Å². The Bertz CT molecular complexity index is 543. The summed E-state index contributed by atoms with van der Waals surface area (Å²) in [6.45, 7) is 6.43. The third kappa shape index (κ3) is 3.25. The minimum Gasteiger partial charge on any atom is -0.496 e. The average molecular weight is 252 g/mol. The summed E-state index contributed by atoms with van der Waals surface area (Å²) in [5.74, 6) is 1.22. The molecule has 1 unspecified atom stereocenters. The SMILES string of the molecule is C=C(Cc1ccccc1)C(C)c1ccccc1OC. The molecule has 1 atom stereocenters. The van der Waals surface area contributed by atoms with Crippen LogP contribution in [0.1, 0.15) is 24.0 Å². The van der Waals surface area contributed by atoms with Gasteiger partial charge >= 0.3 is 0 Å². The summed E-state index contributed by atoms with van der Waals surface area (Å²) in [6.07, 6.45) is 0.903. The van der Waals surface area contributed by atoms with E-state index in [0.29, 0.717) is 0 Å². The molecule has 0 bridgehead atoms. The van der Waals surface area contributed by atoms with Crippen LogP contribution >= 0.6 is 0 Å². The van der Waals surface area contributed by atoms with Crippen molar-refractivity contribution in [1.29, 1.82) is 0 Å². The Morgan fingerprint density at radius 3 is 2.37 bits per heavy atom. The smallest absolute Gasteiger partial charge is 0.122 e. The third-order valence-electron chi connectivity index (χ3n) is 3.49. The van der Waals surface area contributed by atoms with Crippen molar-refractivity contribution in [3.8, 4) is 5.75 Å². The van der Waals surface area contributed by atoms with E-state index in [-0.39, 0.29) is 5.92 Å². The molecule has 0 aliphatic rings. The van der Waals surface area contributed by atoms with Crippen molar-refractivity contribution in [2.24, 2.45) is 0 Å². The highest BCUT2D eigenvalue weighted by molar-refractivity contribution is 5.40. The fourth-order valence-corrected chi connectivity index (χ4v) is 2.26. The summed E-state index contributed by atoms with van der Waals surface area (Å²) in [7, 11) is 1.71. The van der Waals surface area contributed by atoms with Crippen LogP contribution in [-0.2, 0) is 6.42 Å². The predicted octanol–water partition coefficient (Wildman–Crippen LogP) is 4.60. The van der Waals surface area contributed by atoms with Gasteiger partial charge < -0.3 is 4.74 Å². The molecule has 2 rings (SSSR count). The lowest BCUT2D eigenvalue weighted by molar-refractivity contribution is 0.408. The number of methoxy groups -OCH3 is 1. The van der Waals surface area contributed by atoms with Crippen LogP contribution < -0.4 is 4.74 Å². The van der Waals surface area contributed by atoms with Gasteiger partial charge in [-0.15, -0.1) is 0 Å². The fraction of sp³-hybridized carbons (Fsp3) is 0.222. The van der Waals surface area contributed by atoms with Crippen LogP contribution in [0.3, 0.4) is 0 Å². The second-order valence-corrected chi connectivity index (χ2v) is 4.78. The first-order chi connectivity index (χ1) is 9.22. The van der Waals surface area contributed by atoms with Gasteiger partial charge in [-0.1, -0.05) is 67.6 Å². The van der Waals surface area contributed by atoms with Gasteiger partial charge in [-0.2, -0.15) is 0 Å². The van der Waals surface area contributed by atoms with Gasteiger partial charge in [0.2, 0.25) is 0 Å². The second-order valence-electron chi connectivity index (χ2n) is 4.78. The molecule has 0 aliphatic heterocycles. The van der Waals surface area contributed by atoms with Gasteiger partial charge in [0, 0.05) is 11.5 Å². The van der Waals surface area contributed by atoms with Gasteiger partial charge in [-0.25, -0.2) is 0 Å². The molecule has 98 valence electrons. The molecule has 2 aromatic rings. The molecule has 0 N–H and O–H groups in total. The standard InChI is InChI=1S/C18H20O/c1-14(13-16-9-5-4-6-10-16)15(2)17-11-7-8-12-18(17)19-3/h4-12,15H,1,13H2,2-3H3. The van der Waals surface area contributed by atoms with Gasteiger partial charge in [0.15, 0.2) is 0 Å². The molecule has 0 amide bonds. The van der Waals surface area contributed by atoms with Crippen molar-refractivity contribution < 1.29 is 4.74 Å². The molecule has 0 heterocycles. The highest BCUT2D eigenvalue weighted by Crippen LogP contribution is 2.31. The third-order valence-corrected chi connectivity index (χ3v) is 3.49. The number of allylic oxidation sites excluding steroid dienone is 1. The summed E-state index contributed by atoms with van der Waals surface area (Å²) in [6, 6.07) is 18.6. The Morgan fingerprint density at radius 2 is 1.68 bits per heavy atom. The fourth-order valence-electron chi connectivity index (χ4n) is 2.26. The van der Waals surface area contributed by atoms with Crippen molar-refractivity contribution >= 4 is 0 Å². The van der Waals surface area contributed by atoms with Gasteiger partial charge in [-0.05, 0) is 18.1 Å². The quantitative estimate of drug-likeness (QED) is 0.707. The number of ether oxygens (including phenoxy) is 1. The lowest BCUT2D eigenvalue weighted by atomic mass is 9.89. The maximum absolute atomic E-state index is 5.43. The van der Waals surface area contributed by atoms with E-state index in [1.165, 1.54) is 16.7 Å². The van der Waals surface area contributed by atoms with Crippen LogP contribution in [0.25, 0.3) is 0 Å². The van der Waals surface area contributed by atoms with E-state index >= 15 is 0 Å². The summed E-state index contributed by atoms with van der Waals surface area (Å²) >= 11 is 0. The largest absolute Gasteiger partial charge is 0.496 e. The van der Waals surface area contributed by atoms with Crippen molar-refractivity contribution in [1.82, 2.24) is 0 Å². The maximum atomic E-state index is 5.43. The molecule has 1 nitrogen and oxygen atoms in total. The highest BCUT2D eigenvalue weighted by atomic mass is 16.5. The Kier molecular flexibility index (Phi) is 4.40. The number of hydrogen-bond donors (Lipinski definition) is 0. The zero-order valence-corrected chi connectivity index (χ0v) is 11.6. The molecule has 0 saturated carbocycles. The number of rotatable bonds is 5. The summed E-state index contributed by atoms with van der Waals surface area (Å²) in [4.78, 5) is 0. The van der Waals surface area contributed by atoms with Crippen LogP contribution in [0, 0.1) is 0 Å². The van der Waals surface area contributed by atoms with E-state index in [1.54, 1.807) is 7.11 Å². The molecule has 0 radical (unpaired) electrons. The van der Waals surface area contributed by atoms with Crippen molar-refractivity contribution in [2.45, 2.75) is 19.3 Å². The van der Waals surface area contributed by atoms with E-state index < -0.39 is 0 Å². The van der Waals surface area contributed by atoms with Crippen LogP contribution in [-0.4, -0.2) is 7.11 Å². The molecule has 0 fully saturated rings. The molecule has 2 aromatic carbocycles. The van der Waals surface area contributed by atoms with E-state index in [9.17, 15) is 0 Å². The molecule has 0 aliphatic carbocycles. The Morgan fingerprint density at radius 1 is 1.05 bits per heavy atom. The normalized spacial score (nSPS) is 11.9. The maximum Gasteiger partial charge on any atom is 0.122 e. The van der Waals surface area contributed by atoms with Gasteiger partial charge in [-0.3, -0.25) is 0 Å². The lowest BCUT2D eigenvalue weighted by Gasteiger charge is -2.18. The molecular weight excluding hydrogens is 232 g/mol. The number of hydrogen-bond acceptors (Lipinski definition) is 1. The van der Waals surface area contributed by atoms with Crippen LogP contribution in [0.4, 0.5) is 0 Å². The van der Waals surface area contributed by atoms with E-state index in [1.807, 2.05) is 24.3 Å². The summed E-state index contributed by atoms with van der Waals surface area (Å²) < 4.78 is 5.43. The zero-order chi connectivity index (χ0) is 13.7. The molecular formula is C18H20O. The predicted molar refractivity (Wildman–Crippen MR) is 80.7 cm³/mol. The van der Waals surface area contributed by atoms with Crippen LogP contribution in [0.15, 0.2) is 66.7 Å². The monoisotopic (exact) mass is 252 g/mol. The molecule has 0 aromatic heterocycles.